The van der Waals surface area contributed by atoms with Gasteiger partial charge in [-0.15, -0.1) is 0 Å². The van der Waals surface area contributed by atoms with Crippen molar-refractivity contribution in [1.82, 2.24) is 0 Å². The number of ether oxygens (including phenoxy) is 1. The summed E-state index contributed by atoms with van der Waals surface area (Å²) in [5.41, 5.74) is 1.50. The molecule has 0 aliphatic heterocycles. The normalized spacial score (nSPS) is 11.0. The quantitative estimate of drug-likeness (QED) is 0.405. The van der Waals surface area contributed by atoms with Gasteiger partial charge in [0, 0.05) is 11.3 Å². The third-order valence-electron chi connectivity index (χ3n) is 5.13. The number of amides is 2. The molecule has 0 radical (unpaired) electrons. The average Bonchev–Trinajstić information content (AvgIpc) is 3.13. The maximum Gasteiger partial charge on any atom is 0.293 e. The van der Waals surface area contributed by atoms with E-state index in [9.17, 15) is 9.59 Å². The summed E-state index contributed by atoms with van der Waals surface area (Å²) in [6.45, 7) is 6.50. The molecule has 3 rings (SSSR count). The lowest BCUT2D eigenvalue weighted by Crippen LogP contribution is -2.24. The fourth-order valence-electron chi connectivity index (χ4n) is 3.69. The maximum absolute atomic E-state index is 13.2. The molecule has 0 spiro atoms. The molecule has 2 aromatic carbocycles. The van der Waals surface area contributed by atoms with Gasteiger partial charge in [0.25, 0.3) is 5.91 Å². The van der Waals surface area contributed by atoms with Gasteiger partial charge in [0.2, 0.25) is 11.7 Å². The van der Waals surface area contributed by atoms with E-state index >= 15 is 0 Å². The van der Waals surface area contributed by atoms with Gasteiger partial charge in [0.05, 0.1) is 12.3 Å². The van der Waals surface area contributed by atoms with Gasteiger partial charge >= 0.3 is 0 Å². The fraction of sp³-hybridized carbons (Fsp3) is 0.360. The van der Waals surface area contributed by atoms with E-state index in [4.69, 9.17) is 9.15 Å². The Balaban J connectivity index is 1.94. The number of fused-ring (bicyclic) bond motifs is 1. The molecule has 1 aromatic heterocycles. The zero-order valence-corrected chi connectivity index (χ0v) is 18.4. The molecule has 0 saturated carbocycles. The molecule has 0 aliphatic rings. The van der Waals surface area contributed by atoms with Crippen LogP contribution in [0.4, 0.5) is 11.4 Å². The minimum absolute atomic E-state index is 0.0765. The van der Waals surface area contributed by atoms with Crippen LogP contribution in [0.5, 0.6) is 5.75 Å². The summed E-state index contributed by atoms with van der Waals surface area (Å²) in [4.78, 5) is 26.2. The molecular weight excluding hydrogens is 392 g/mol. The molecule has 2 amide bonds. The Hall–Kier alpha value is -3.28. The Morgan fingerprint density at radius 2 is 1.61 bits per heavy atom. The third-order valence-corrected chi connectivity index (χ3v) is 5.13. The SMILES string of the molecule is CCCC(CCC)C(=O)Nc1c(C(=O)Nc2ccccc2OCC)oc2ccccc12. The number of carbonyl (C=O) groups is 2. The first-order valence-electron chi connectivity index (χ1n) is 10.9. The molecule has 0 saturated heterocycles. The standard InChI is InChI=1S/C25H30N2O4/c1-4-11-17(12-5-2)24(28)27-22-18-13-7-9-15-20(18)31-23(22)25(29)26-19-14-8-10-16-21(19)30-6-3/h7-10,13-17H,4-6,11-12H2,1-3H3,(H,26,29)(H,27,28). The van der Waals surface area contributed by atoms with E-state index in [-0.39, 0.29) is 17.6 Å². The highest BCUT2D eigenvalue weighted by Gasteiger charge is 2.25. The molecule has 3 aromatic rings. The van der Waals surface area contributed by atoms with Crippen LogP contribution >= 0.6 is 0 Å². The molecule has 2 N–H and O–H groups in total. The number of hydrogen-bond donors (Lipinski definition) is 2. The van der Waals surface area contributed by atoms with Gasteiger partial charge in [-0.25, -0.2) is 0 Å². The van der Waals surface area contributed by atoms with E-state index in [0.717, 1.165) is 25.7 Å². The number of anilines is 2. The Labute approximate surface area is 183 Å². The van der Waals surface area contributed by atoms with Gasteiger partial charge in [-0.3, -0.25) is 9.59 Å². The van der Waals surface area contributed by atoms with E-state index in [1.807, 2.05) is 37.3 Å². The van der Waals surface area contributed by atoms with Crippen molar-refractivity contribution in [1.29, 1.82) is 0 Å². The highest BCUT2D eigenvalue weighted by molar-refractivity contribution is 6.15. The average molecular weight is 423 g/mol. The summed E-state index contributed by atoms with van der Waals surface area (Å²) in [5, 5.41) is 6.54. The molecule has 6 nitrogen and oxygen atoms in total. The largest absolute Gasteiger partial charge is 0.492 e. The van der Waals surface area contributed by atoms with E-state index in [1.165, 1.54) is 0 Å². The highest BCUT2D eigenvalue weighted by atomic mass is 16.5. The number of nitrogens with one attached hydrogen (secondary N) is 2. The predicted molar refractivity (Wildman–Crippen MR) is 124 cm³/mol. The molecule has 6 heteroatoms. The molecule has 0 atom stereocenters. The van der Waals surface area contributed by atoms with Crippen LogP contribution < -0.4 is 15.4 Å². The Morgan fingerprint density at radius 3 is 2.32 bits per heavy atom. The lowest BCUT2D eigenvalue weighted by molar-refractivity contribution is -0.120. The first-order chi connectivity index (χ1) is 15.1. The Bertz CT molecular complexity index is 1030. The van der Waals surface area contributed by atoms with Crippen LogP contribution in [0.15, 0.2) is 52.9 Å². The van der Waals surface area contributed by atoms with Gasteiger partial charge in [-0.1, -0.05) is 51.0 Å². The zero-order valence-electron chi connectivity index (χ0n) is 18.4. The van der Waals surface area contributed by atoms with Crippen molar-refractivity contribution in [3.8, 4) is 5.75 Å². The summed E-state index contributed by atoms with van der Waals surface area (Å²) in [7, 11) is 0. The van der Waals surface area contributed by atoms with Crippen molar-refractivity contribution in [2.45, 2.75) is 46.5 Å². The van der Waals surface area contributed by atoms with Crippen LogP contribution in [0.1, 0.15) is 57.0 Å². The Morgan fingerprint density at radius 1 is 0.935 bits per heavy atom. The molecule has 0 bridgehead atoms. The molecule has 0 unspecified atom stereocenters. The second-order valence-corrected chi connectivity index (χ2v) is 7.45. The third kappa shape index (κ3) is 5.26. The second-order valence-electron chi connectivity index (χ2n) is 7.45. The minimum Gasteiger partial charge on any atom is -0.492 e. The predicted octanol–water partition coefficient (Wildman–Crippen LogP) is 6.24. The summed E-state index contributed by atoms with van der Waals surface area (Å²) < 4.78 is 11.5. The highest BCUT2D eigenvalue weighted by Crippen LogP contribution is 2.33. The topological polar surface area (TPSA) is 80.6 Å². The molecule has 1 heterocycles. The molecule has 31 heavy (non-hydrogen) atoms. The van der Waals surface area contributed by atoms with Gasteiger partial charge in [0.1, 0.15) is 17.0 Å². The molecule has 0 fully saturated rings. The second kappa shape index (κ2) is 10.7. The van der Waals surface area contributed by atoms with Gasteiger partial charge < -0.3 is 19.8 Å². The molecule has 0 aliphatic carbocycles. The van der Waals surface area contributed by atoms with Gasteiger partial charge in [-0.2, -0.15) is 0 Å². The zero-order chi connectivity index (χ0) is 22.2. The number of para-hydroxylation sites is 3. The van der Waals surface area contributed by atoms with Crippen molar-refractivity contribution in [2.24, 2.45) is 5.92 Å². The Kier molecular flexibility index (Phi) is 7.70. The van der Waals surface area contributed by atoms with Crippen molar-refractivity contribution < 1.29 is 18.7 Å². The van der Waals surface area contributed by atoms with Crippen LogP contribution in [-0.2, 0) is 4.79 Å². The first kappa shape index (κ1) is 22.4. The van der Waals surface area contributed by atoms with Crippen LogP contribution in [-0.4, -0.2) is 18.4 Å². The number of benzene rings is 2. The molecule has 164 valence electrons. The minimum atomic E-state index is -0.443. The smallest absolute Gasteiger partial charge is 0.293 e. The van der Waals surface area contributed by atoms with Crippen molar-refractivity contribution in [3.63, 3.8) is 0 Å². The van der Waals surface area contributed by atoms with Crippen LogP contribution in [0.3, 0.4) is 0 Å². The molecular formula is C25H30N2O4. The summed E-state index contributed by atoms with van der Waals surface area (Å²) >= 11 is 0. The van der Waals surface area contributed by atoms with Crippen LogP contribution in [0.2, 0.25) is 0 Å². The van der Waals surface area contributed by atoms with Crippen molar-refractivity contribution >= 4 is 34.2 Å². The van der Waals surface area contributed by atoms with E-state index < -0.39 is 5.91 Å². The van der Waals surface area contributed by atoms with Crippen LogP contribution in [0.25, 0.3) is 11.0 Å². The number of furan rings is 1. The van der Waals surface area contributed by atoms with Gasteiger partial charge in [0.15, 0.2) is 0 Å². The first-order valence-corrected chi connectivity index (χ1v) is 10.9. The van der Waals surface area contributed by atoms with E-state index in [0.29, 0.717) is 34.7 Å². The van der Waals surface area contributed by atoms with Crippen molar-refractivity contribution in [3.05, 3.63) is 54.3 Å². The van der Waals surface area contributed by atoms with Crippen LogP contribution in [0, 0.1) is 5.92 Å². The van der Waals surface area contributed by atoms with Crippen molar-refractivity contribution in [2.75, 3.05) is 17.2 Å². The van der Waals surface area contributed by atoms with E-state index in [2.05, 4.69) is 24.5 Å². The van der Waals surface area contributed by atoms with E-state index in [1.54, 1.807) is 18.2 Å². The summed E-state index contributed by atoms with van der Waals surface area (Å²) in [6, 6.07) is 14.5. The maximum atomic E-state index is 13.2. The van der Waals surface area contributed by atoms with Gasteiger partial charge in [-0.05, 0) is 44.0 Å². The summed E-state index contributed by atoms with van der Waals surface area (Å²) in [6.07, 6.45) is 3.45. The lowest BCUT2D eigenvalue weighted by Gasteiger charge is -2.15. The fourth-order valence-corrected chi connectivity index (χ4v) is 3.69. The monoisotopic (exact) mass is 422 g/mol. The number of carbonyl (C=O) groups excluding carboxylic acids is 2. The lowest BCUT2D eigenvalue weighted by atomic mass is 9.97. The summed E-state index contributed by atoms with van der Waals surface area (Å²) in [5.74, 6) is 0.0251. The number of hydrogen-bond acceptors (Lipinski definition) is 4. The number of rotatable bonds is 10.